The van der Waals surface area contributed by atoms with Crippen LogP contribution in [0.1, 0.15) is 18.4 Å². The zero-order valence-corrected chi connectivity index (χ0v) is 22.5. The normalized spacial score (nSPS) is 16.1. The van der Waals surface area contributed by atoms with Gasteiger partial charge < -0.3 is 24.8 Å². The van der Waals surface area contributed by atoms with Crippen molar-refractivity contribution >= 4 is 38.0 Å². The van der Waals surface area contributed by atoms with Gasteiger partial charge in [0.1, 0.15) is 12.3 Å². The van der Waals surface area contributed by atoms with E-state index in [-0.39, 0.29) is 29.8 Å². The van der Waals surface area contributed by atoms with E-state index in [0.29, 0.717) is 46.6 Å². The molecular formula is C27H29F3N4O4S. The standard InChI is InChI=1S/C27H29F3N4O4S/c1-33-11-8-19(15-26(33)35)32-22-13-18(14-24-21(22)9-12-34(24)17-27(28,29)30)5-4-10-31-23-16-20(39(3,36)37)6-7-25(23)38-2/h6-7,9,12-14,16,19,31-32H,8,10-11,15,17H2,1-3H3. The van der Waals surface area contributed by atoms with E-state index in [0.717, 1.165) is 10.8 Å². The number of anilines is 2. The number of nitrogens with one attached hydrogen (secondary N) is 2. The second-order valence-corrected chi connectivity index (χ2v) is 11.5. The maximum Gasteiger partial charge on any atom is 0.406 e. The second-order valence-electron chi connectivity index (χ2n) is 9.45. The third-order valence-corrected chi connectivity index (χ3v) is 7.57. The van der Waals surface area contributed by atoms with Crippen LogP contribution in [0.2, 0.25) is 0 Å². The van der Waals surface area contributed by atoms with Gasteiger partial charge in [-0.05, 0) is 42.8 Å². The number of halogens is 3. The molecule has 208 valence electrons. The SMILES string of the molecule is COc1ccc(S(C)(=O)=O)cc1NCC#Cc1cc(NC2CCN(C)C(=O)C2)c2ccn(CC(F)(F)F)c2c1. The molecule has 8 nitrogen and oxygen atoms in total. The van der Waals surface area contributed by atoms with Gasteiger partial charge in [0, 0.05) is 55.1 Å². The number of likely N-dealkylation sites (tertiary alicyclic amines) is 1. The van der Waals surface area contributed by atoms with Crippen LogP contribution in [0.15, 0.2) is 47.5 Å². The number of aromatic nitrogens is 1. The highest BCUT2D eigenvalue weighted by atomic mass is 32.2. The smallest absolute Gasteiger partial charge is 0.406 e. The molecule has 1 aliphatic heterocycles. The molecule has 0 radical (unpaired) electrons. The number of benzene rings is 2. The number of alkyl halides is 3. The van der Waals surface area contributed by atoms with Crippen LogP contribution in [0.25, 0.3) is 10.9 Å². The van der Waals surface area contributed by atoms with Crippen LogP contribution >= 0.6 is 0 Å². The maximum atomic E-state index is 13.2. The Labute approximate surface area is 225 Å². The van der Waals surface area contributed by atoms with E-state index in [1.54, 1.807) is 36.2 Å². The molecule has 0 spiro atoms. The topological polar surface area (TPSA) is 92.7 Å². The first-order chi connectivity index (χ1) is 18.3. The van der Waals surface area contributed by atoms with E-state index in [1.807, 2.05) is 0 Å². The predicted molar refractivity (Wildman–Crippen MR) is 144 cm³/mol. The van der Waals surface area contributed by atoms with Crippen LogP contribution in [-0.4, -0.2) is 69.5 Å². The number of carbonyl (C=O) groups is 1. The summed E-state index contributed by atoms with van der Waals surface area (Å²) in [6, 6.07) is 9.28. The minimum absolute atomic E-state index is 0.00188. The molecule has 1 fully saturated rings. The summed E-state index contributed by atoms with van der Waals surface area (Å²) in [4.78, 5) is 14.0. The summed E-state index contributed by atoms with van der Waals surface area (Å²) in [6.45, 7) is -0.432. The monoisotopic (exact) mass is 562 g/mol. The van der Waals surface area contributed by atoms with Crippen LogP contribution in [-0.2, 0) is 21.2 Å². The minimum atomic E-state index is -4.40. The van der Waals surface area contributed by atoms with Crippen LogP contribution in [0.5, 0.6) is 5.75 Å². The number of rotatable bonds is 7. The molecule has 3 aromatic rings. The van der Waals surface area contributed by atoms with Crippen LogP contribution in [0.4, 0.5) is 24.5 Å². The number of hydrogen-bond acceptors (Lipinski definition) is 6. The highest BCUT2D eigenvalue weighted by molar-refractivity contribution is 7.90. The quantitative estimate of drug-likeness (QED) is 0.421. The van der Waals surface area contributed by atoms with Crippen molar-refractivity contribution in [2.24, 2.45) is 0 Å². The van der Waals surface area contributed by atoms with E-state index >= 15 is 0 Å². The highest BCUT2D eigenvalue weighted by Gasteiger charge is 2.29. The minimum Gasteiger partial charge on any atom is -0.495 e. The molecule has 1 amide bonds. The van der Waals surface area contributed by atoms with Gasteiger partial charge in [-0.2, -0.15) is 13.2 Å². The largest absolute Gasteiger partial charge is 0.495 e. The van der Waals surface area contributed by atoms with Crippen molar-refractivity contribution in [2.45, 2.75) is 36.5 Å². The third-order valence-electron chi connectivity index (χ3n) is 6.46. The van der Waals surface area contributed by atoms with Crippen LogP contribution in [0, 0.1) is 11.8 Å². The van der Waals surface area contributed by atoms with Crippen molar-refractivity contribution in [3.8, 4) is 17.6 Å². The van der Waals surface area contributed by atoms with Gasteiger partial charge in [0.25, 0.3) is 0 Å². The lowest BCUT2D eigenvalue weighted by Gasteiger charge is -2.30. The van der Waals surface area contributed by atoms with Crippen molar-refractivity contribution in [1.29, 1.82) is 0 Å². The van der Waals surface area contributed by atoms with Crippen molar-refractivity contribution in [3.63, 3.8) is 0 Å². The second kappa shape index (κ2) is 11.1. The van der Waals surface area contributed by atoms with Gasteiger partial charge in [0.2, 0.25) is 5.91 Å². The first-order valence-electron chi connectivity index (χ1n) is 12.1. The number of ether oxygens (including phenoxy) is 1. The Hall–Kier alpha value is -3.85. The summed E-state index contributed by atoms with van der Waals surface area (Å²) in [6.07, 6.45) is -0.902. The summed E-state index contributed by atoms with van der Waals surface area (Å²) < 4.78 is 69.9. The van der Waals surface area contributed by atoms with Gasteiger partial charge in [-0.3, -0.25) is 4.79 Å². The number of amides is 1. The molecule has 2 N–H and O–H groups in total. The molecule has 1 atom stereocenters. The van der Waals surface area contributed by atoms with Gasteiger partial charge in [-0.25, -0.2) is 8.42 Å². The van der Waals surface area contributed by atoms with Crippen LogP contribution in [0.3, 0.4) is 0 Å². The van der Waals surface area contributed by atoms with Gasteiger partial charge in [0.15, 0.2) is 9.84 Å². The van der Waals surface area contributed by atoms with E-state index in [1.165, 1.54) is 25.4 Å². The lowest BCUT2D eigenvalue weighted by atomic mass is 10.0. The fraction of sp³-hybridized carbons (Fsp3) is 0.370. The number of hydrogen-bond donors (Lipinski definition) is 2. The van der Waals surface area contributed by atoms with Gasteiger partial charge in [0.05, 0.1) is 29.8 Å². The third kappa shape index (κ3) is 6.97. The Morgan fingerprint density at radius 3 is 2.59 bits per heavy atom. The number of carbonyl (C=O) groups excluding carboxylic acids is 1. The van der Waals surface area contributed by atoms with Crippen molar-refractivity contribution < 1.29 is 31.1 Å². The van der Waals surface area contributed by atoms with Crippen molar-refractivity contribution in [1.82, 2.24) is 9.47 Å². The number of methoxy groups -OCH3 is 1. The summed E-state index contributed by atoms with van der Waals surface area (Å²) >= 11 is 0. The van der Waals surface area contributed by atoms with Crippen molar-refractivity contribution in [2.75, 3.05) is 44.1 Å². The Balaban J connectivity index is 1.62. The van der Waals surface area contributed by atoms with Crippen molar-refractivity contribution in [3.05, 3.63) is 48.2 Å². The molecule has 2 heterocycles. The van der Waals surface area contributed by atoms with Gasteiger partial charge >= 0.3 is 6.18 Å². The molecule has 4 rings (SSSR count). The molecule has 1 aliphatic rings. The van der Waals surface area contributed by atoms with Gasteiger partial charge in [-0.1, -0.05) is 11.8 Å². The average Bonchev–Trinajstić information content (AvgIpc) is 3.24. The van der Waals surface area contributed by atoms with E-state index in [4.69, 9.17) is 4.74 Å². The van der Waals surface area contributed by atoms with E-state index < -0.39 is 22.6 Å². The lowest BCUT2D eigenvalue weighted by Crippen LogP contribution is -2.41. The zero-order valence-electron chi connectivity index (χ0n) is 21.7. The number of fused-ring (bicyclic) bond motifs is 1. The predicted octanol–water partition coefficient (Wildman–Crippen LogP) is 4.11. The Bertz CT molecular complexity index is 1550. The first-order valence-corrected chi connectivity index (χ1v) is 14.0. The molecule has 39 heavy (non-hydrogen) atoms. The Morgan fingerprint density at radius 1 is 1.15 bits per heavy atom. The molecule has 1 aromatic heterocycles. The van der Waals surface area contributed by atoms with E-state index in [2.05, 4.69) is 22.5 Å². The van der Waals surface area contributed by atoms with E-state index in [9.17, 15) is 26.4 Å². The summed E-state index contributed by atoms with van der Waals surface area (Å²) in [5, 5.41) is 6.99. The summed E-state index contributed by atoms with van der Waals surface area (Å²) in [5.74, 6) is 6.36. The maximum absolute atomic E-state index is 13.2. The molecular weight excluding hydrogens is 533 g/mol. The Kier molecular flexibility index (Phi) is 8.02. The number of nitrogens with zero attached hydrogens (tertiary/aromatic N) is 2. The number of sulfone groups is 1. The Morgan fingerprint density at radius 2 is 1.92 bits per heavy atom. The summed E-state index contributed by atoms with van der Waals surface area (Å²) in [5.41, 5.74) is 1.91. The molecule has 1 saturated heterocycles. The fourth-order valence-electron chi connectivity index (χ4n) is 4.45. The molecule has 0 aliphatic carbocycles. The molecule has 1 unspecified atom stereocenters. The molecule has 2 aromatic carbocycles. The summed E-state index contributed by atoms with van der Waals surface area (Å²) in [7, 11) is -0.221. The van der Waals surface area contributed by atoms with Crippen LogP contribution < -0.4 is 15.4 Å². The average molecular weight is 563 g/mol. The zero-order chi connectivity index (χ0) is 28.4. The van der Waals surface area contributed by atoms with Gasteiger partial charge in [-0.15, -0.1) is 0 Å². The molecule has 0 saturated carbocycles. The number of piperidine rings is 1. The first kappa shape index (κ1) is 28.2. The fourth-order valence-corrected chi connectivity index (χ4v) is 5.09. The highest BCUT2D eigenvalue weighted by Crippen LogP contribution is 2.31. The lowest BCUT2D eigenvalue weighted by molar-refractivity contribution is -0.140. The molecule has 12 heteroatoms. The molecule has 0 bridgehead atoms.